The lowest BCUT2D eigenvalue weighted by molar-refractivity contribution is -0.126. The molecule has 11 heavy (non-hydrogen) atoms. The van der Waals surface area contributed by atoms with Gasteiger partial charge in [-0.25, -0.2) is 0 Å². The molecule has 1 aliphatic rings. The van der Waals surface area contributed by atoms with Crippen LogP contribution in [0.4, 0.5) is 0 Å². The van der Waals surface area contributed by atoms with Gasteiger partial charge in [-0.15, -0.1) is 0 Å². The van der Waals surface area contributed by atoms with Crippen molar-refractivity contribution in [2.24, 2.45) is 5.92 Å². The monoisotopic (exact) mass is 155 g/mol. The molecule has 0 radical (unpaired) electrons. The highest BCUT2D eigenvalue weighted by atomic mass is 16.2. The van der Waals surface area contributed by atoms with Crippen molar-refractivity contribution in [3.63, 3.8) is 0 Å². The summed E-state index contributed by atoms with van der Waals surface area (Å²) in [5.41, 5.74) is 0.126. The zero-order chi connectivity index (χ0) is 8.48. The maximum atomic E-state index is 11.2. The number of carbonyl (C=O) groups excluding carboxylic acids is 1. The van der Waals surface area contributed by atoms with Crippen LogP contribution in [0.5, 0.6) is 0 Å². The van der Waals surface area contributed by atoms with Gasteiger partial charge in [-0.3, -0.25) is 4.79 Å². The van der Waals surface area contributed by atoms with E-state index in [0.717, 1.165) is 12.8 Å². The van der Waals surface area contributed by atoms with Crippen LogP contribution in [0.25, 0.3) is 0 Å². The van der Waals surface area contributed by atoms with Gasteiger partial charge in [-0.2, -0.15) is 0 Å². The maximum Gasteiger partial charge on any atom is 0.222 e. The van der Waals surface area contributed by atoms with Gasteiger partial charge in [0, 0.05) is 11.5 Å². The van der Waals surface area contributed by atoms with E-state index in [1.165, 1.54) is 6.42 Å². The Morgan fingerprint density at radius 1 is 1.45 bits per heavy atom. The van der Waals surface area contributed by atoms with Crippen LogP contribution in [0.15, 0.2) is 0 Å². The molecule has 0 spiro atoms. The SMILES string of the molecule is CC(C)C(=O)NC1(C)CCC1. The third-order valence-corrected chi connectivity index (χ3v) is 2.41. The molecule has 0 aliphatic heterocycles. The number of rotatable bonds is 2. The molecule has 64 valence electrons. The largest absolute Gasteiger partial charge is 0.351 e. The van der Waals surface area contributed by atoms with Crippen LogP contribution in [0.1, 0.15) is 40.0 Å². The molecular weight excluding hydrogens is 138 g/mol. The topological polar surface area (TPSA) is 29.1 Å². The lowest BCUT2D eigenvalue weighted by Crippen LogP contribution is -2.52. The molecule has 0 heterocycles. The average Bonchev–Trinajstić information content (AvgIpc) is 1.84. The van der Waals surface area contributed by atoms with Crippen LogP contribution in [0, 0.1) is 5.92 Å². The second-order valence-electron chi connectivity index (χ2n) is 4.06. The Morgan fingerprint density at radius 2 is 2.00 bits per heavy atom. The smallest absolute Gasteiger partial charge is 0.222 e. The van der Waals surface area contributed by atoms with Crippen molar-refractivity contribution in [1.29, 1.82) is 0 Å². The molecule has 1 aliphatic carbocycles. The van der Waals surface area contributed by atoms with Crippen molar-refractivity contribution >= 4 is 5.91 Å². The molecule has 1 N–H and O–H groups in total. The number of carbonyl (C=O) groups is 1. The highest BCUT2D eigenvalue weighted by Crippen LogP contribution is 2.30. The van der Waals surface area contributed by atoms with Gasteiger partial charge in [0.15, 0.2) is 0 Å². The fourth-order valence-electron chi connectivity index (χ4n) is 1.27. The number of amides is 1. The summed E-state index contributed by atoms with van der Waals surface area (Å²) < 4.78 is 0. The van der Waals surface area contributed by atoms with Crippen LogP contribution >= 0.6 is 0 Å². The zero-order valence-electron chi connectivity index (χ0n) is 7.61. The Morgan fingerprint density at radius 3 is 2.27 bits per heavy atom. The molecule has 0 aromatic carbocycles. The molecule has 1 saturated carbocycles. The van der Waals surface area contributed by atoms with Crippen LogP contribution in [0.2, 0.25) is 0 Å². The lowest BCUT2D eigenvalue weighted by Gasteiger charge is -2.39. The summed E-state index contributed by atoms with van der Waals surface area (Å²) in [5.74, 6) is 0.305. The predicted molar refractivity (Wildman–Crippen MR) is 45.2 cm³/mol. The molecule has 2 nitrogen and oxygen atoms in total. The Hall–Kier alpha value is -0.530. The molecule has 0 bridgehead atoms. The van der Waals surface area contributed by atoms with E-state index in [1.54, 1.807) is 0 Å². The van der Waals surface area contributed by atoms with Gasteiger partial charge in [0.25, 0.3) is 0 Å². The van der Waals surface area contributed by atoms with Gasteiger partial charge in [0.1, 0.15) is 0 Å². The van der Waals surface area contributed by atoms with Gasteiger partial charge in [-0.05, 0) is 26.2 Å². The Bertz CT molecular complexity index is 159. The van der Waals surface area contributed by atoms with E-state index in [1.807, 2.05) is 13.8 Å². The zero-order valence-corrected chi connectivity index (χ0v) is 7.61. The molecular formula is C9H17NO. The Kier molecular flexibility index (Phi) is 2.21. The molecule has 0 aromatic rings. The molecule has 2 heteroatoms. The highest BCUT2D eigenvalue weighted by Gasteiger charge is 2.33. The molecule has 0 unspecified atom stereocenters. The quantitative estimate of drug-likeness (QED) is 0.646. The third kappa shape index (κ3) is 1.95. The predicted octanol–water partition coefficient (Wildman–Crippen LogP) is 1.70. The normalized spacial score (nSPS) is 21.1. The van der Waals surface area contributed by atoms with Gasteiger partial charge in [0.2, 0.25) is 5.91 Å². The van der Waals surface area contributed by atoms with E-state index >= 15 is 0 Å². The first-order chi connectivity index (χ1) is 5.03. The summed E-state index contributed by atoms with van der Waals surface area (Å²) in [7, 11) is 0. The first-order valence-electron chi connectivity index (χ1n) is 4.35. The van der Waals surface area contributed by atoms with Gasteiger partial charge >= 0.3 is 0 Å². The Balaban J connectivity index is 2.35. The third-order valence-electron chi connectivity index (χ3n) is 2.41. The molecule has 1 fully saturated rings. The Labute approximate surface area is 68.4 Å². The molecule has 0 aromatic heterocycles. The summed E-state index contributed by atoms with van der Waals surface area (Å²) in [6.07, 6.45) is 3.55. The highest BCUT2D eigenvalue weighted by molar-refractivity contribution is 5.78. The standard InChI is InChI=1S/C9H17NO/c1-7(2)8(11)10-9(3)5-4-6-9/h7H,4-6H2,1-3H3,(H,10,11). The van der Waals surface area contributed by atoms with Crippen LogP contribution in [0.3, 0.4) is 0 Å². The molecule has 1 amide bonds. The van der Waals surface area contributed by atoms with Crippen molar-refractivity contribution in [2.75, 3.05) is 0 Å². The number of hydrogen-bond donors (Lipinski definition) is 1. The fourth-order valence-corrected chi connectivity index (χ4v) is 1.27. The minimum atomic E-state index is 0.118. The lowest BCUT2D eigenvalue weighted by atomic mass is 9.78. The first-order valence-corrected chi connectivity index (χ1v) is 4.35. The summed E-state index contributed by atoms with van der Waals surface area (Å²) in [4.78, 5) is 11.2. The summed E-state index contributed by atoms with van der Waals surface area (Å²) in [6.45, 7) is 5.98. The van der Waals surface area contributed by atoms with Gasteiger partial charge in [-0.1, -0.05) is 13.8 Å². The van der Waals surface area contributed by atoms with E-state index in [2.05, 4.69) is 12.2 Å². The summed E-state index contributed by atoms with van der Waals surface area (Å²) >= 11 is 0. The fraction of sp³-hybridized carbons (Fsp3) is 0.889. The van der Waals surface area contributed by atoms with E-state index in [0.29, 0.717) is 0 Å². The van der Waals surface area contributed by atoms with Gasteiger partial charge < -0.3 is 5.32 Å². The number of nitrogens with one attached hydrogen (secondary N) is 1. The average molecular weight is 155 g/mol. The second-order valence-corrected chi connectivity index (χ2v) is 4.06. The van der Waals surface area contributed by atoms with Crippen molar-refractivity contribution in [2.45, 2.75) is 45.6 Å². The van der Waals surface area contributed by atoms with Crippen molar-refractivity contribution in [1.82, 2.24) is 5.32 Å². The van der Waals surface area contributed by atoms with E-state index in [-0.39, 0.29) is 17.4 Å². The first kappa shape index (κ1) is 8.57. The van der Waals surface area contributed by atoms with Crippen molar-refractivity contribution in [3.05, 3.63) is 0 Å². The minimum absolute atomic E-state index is 0.118. The molecule has 1 rings (SSSR count). The van der Waals surface area contributed by atoms with E-state index < -0.39 is 0 Å². The summed E-state index contributed by atoms with van der Waals surface area (Å²) in [6, 6.07) is 0. The van der Waals surface area contributed by atoms with Crippen LogP contribution < -0.4 is 5.32 Å². The molecule has 0 saturated heterocycles. The second kappa shape index (κ2) is 2.84. The minimum Gasteiger partial charge on any atom is -0.351 e. The maximum absolute atomic E-state index is 11.2. The summed E-state index contributed by atoms with van der Waals surface area (Å²) in [5, 5.41) is 3.05. The van der Waals surface area contributed by atoms with Crippen molar-refractivity contribution in [3.8, 4) is 0 Å². The van der Waals surface area contributed by atoms with Crippen LogP contribution in [-0.2, 0) is 4.79 Å². The number of hydrogen-bond acceptors (Lipinski definition) is 1. The molecule has 0 atom stereocenters. The van der Waals surface area contributed by atoms with Gasteiger partial charge in [0.05, 0.1) is 0 Å². The van der Waals surface area contributed by atoms with Crippen LogP contribution in [-0.4, -0.2) is 11.4 Å². The van der Waals surface area contributed by atoms with Crippen molar-refractivity contribution < 1.29 is 4.79 Å². The van der Waals surface area contributed by atoms with E-state index in [9.17, 15) is 4.79 Å². The van der Waals surface area contributed by atoms with E-state index in [4.69, 9.17) is 0 Å².